The number of nitrogens with two attached hydrogens (primary N) is 1. The van der Waals surface area contributed by atoms with Gasteiger partial charge in [-0.3, -0.25) is 4.79 Å². The summed E-state index contributed by atoms with van der Waals surface area (Å²) in [6.45, 7) is 2.08. The van der Waals surface area contributed by atoms with E-state index in [1.807, 2.05) is 11.4 Å². The summed E-state index contributed by atoms with van der Waals surface area (Å²) in [7, 11) is 0. The van der Waals surface area contributed by atoms with Crippen LogP contribution in [0.5, 0.6) is 0 Å². The van der Waals surface area contributed by atoms with Gasteiger partial charge in [-0.25, -0.2) is 9.97 Å². The summed E-state index contributed by atoms with van der Waals surface area (Å²) in [5, 5.41) is 2.78. The Morgan fingerprint density at radius 2 is 2.25 bits per heavy atom. The molecule has 0 spiro atoms. The molecule has 2 N–H and O–H groups in total. The van der Waals surface area contributed by atoms with Gasteiger partial charge in [-0.15, -0.1) is 11.3 Å². The van der Waals surface area contributed by atoms with Gasteiger partial charge in [-0.2, -0.15) is 0 Å². The van der Waals surface area contributed by atoms with Crippen molar-refractivity contribution in [3.8, 4) is 0 Å². The van der Waals surface area contributed by atoms with Gasteiger partial charge in [0.15, 0.2) is 5.82 Å². The van der Waals surface area contributed by atoms with E-state index in [0.29, 0.717) is 23.8 Å². The smallest absolute Gasteiger partial charge is 0.253 e. The third-order valence-electron chi connectivity index (χ3n) is 2.94. The number of anilines is 1. The first kappa shape index (κ1) is 13.3. The Morgan fingerprint density at radius 1 is 1.45 bits per heavy atom. The molecule has 0 unspecified atom stereocenters. The minimum atomic E-state index is -0.0540. The maximum atomic E-state index is 12.1. The zero-order chi connectivity index (χ0) is 14.3. The third-order valence-corrected chi connectivity index (χ3v) is 4.18. The van der Waals surface area contributed by atoms with Gasteiger partial charge in [-0.05, 0) is 40.4 Å². The Morgan fingerprint density at radius 3 is 3.05 bits per heavy atom. The minimum Gasteiger partial charge on any atom is -0.383 e. The summed E-state index contributed by atoms with van der Waals surface area (Å²) in [5.41, 5.74) is 6.53. The van der Waals surface area contributed by atoms with E-state index >= 15 is 0 Å². The molecule has 5 nitrogen and oxygen atoms in total. The molecule has 3 aromatic rings. The van der Waals surface area contributed by atoms with Crippen LogP contribution in [0, 0.1) is 6.92 Å². The zero-order valence-corrected chi connectivity index (χ0v) is 13.0. The van der Waals surface area contributed by atoms with Crippen LogP contribution in [-0.4, -0.2) is 14.5 Å². The second-order valence-electron chi connectivity index (χ2n) is 4.44. The van der Waals surface area contributed by atoms with Crippen molar-refractivity contribution in [2.24, 2.45) is 0 Å². The third kappa shape index (κ3) is 2.34. The van der Waals surface area contributed by atoms with E-state index in [0.717, 1.165) is 14.7 Å². The monoisotopic (exact) mass is 350 g/mol. The predicted molar refractivity (Wildman–Crippen MR) is 84.1 cm³/mol. The molecule has 0 saturated carbocycles. The molecule has 3 heterocycles. The molecule has 102 valence electrons. The molecule has 0 saturated heterocycles. The number of nitrogen functional groups attached to an aromatic ring is 1. The summed E-state index contributed by atoms with van der Waals surface area (Å²) >= 11 is 4.89. The molecule has 0 atom stereocenters. The van der Waals surface area contributed by atoms with E-state index in [1.54, 1.807) is 23.8 Å². The molecule has 0 fully saturated rings. The summed E-state index contributed by atoms with van der Waals surface area (Å²) in [6.07, 6.45) is 1.73. The highest BCUT2D eigenvalue weighted by molar-refractivity contribution is 9.10. The number of aromatic nitrogens is 3. The molecule has 20 heavy (non-hydrogen) atoms. The van der Waals surface area contributed by atoms with Crippen LogP contribution in [0.2, 0.25) is 0 Å². The molecule has 3 rings (SSSR count). The topological polar surface area (TPSA) is 73.8 Å². The zero-order valence-electron chi connectivity index (χ0n) is 10.6. The number of pyridine rings is 1. The lowest BCUT2D eigenvalue weighted by Gasteiger charge is -2.07. The van der Waals surface area contributed by atoms with E-state index in [2.05, 4.69) is 25.9 Å². The van der Waals surface area contributed by atoms with Crippen molar-refractivity contribution in [1.82, 2.24) is 14.5 Å². The molecular weight excluding hydrogens is 340 g/mol. The van der Waals surface area contributed by atoms with Gasteiger partial charge in [0.2, 0.25) is 0 Å². The van der Waals surface area contributed by atoms with Crippen LogP contribution in [0.25, 0.3) is 10.2 Å². The van der Waals surface area contributed by atoms with Gasteiger partial charge >= 0.3 is 0 Å². The highest BCUT2D eigenvalue weighted by Crippen LogP contribution is 2.23. The SMILES string of the molecule is Cc1cc(Br)cn(Cc2nc(N)c3ccsc3n2)c1=O. The maximum absolute atomic E-state index is 12.1. The molecule has 0 bridgehead atoms. The number of halogens is 1. The standard InChI is InChI=1S/C13H11BrN4OS/c1-7-4-8(14)5-18(13(7)19)6-10-16-11(15)9-2-3-20-12(9)17-10/h2-5H,6H2,1H3,(H2,15,16,17). The number of aryl methyl sites for hydroxylation is 1. The number of thiophene rings is 1. The van der Waals surface area contributed by atoms with Crippen LogP contribution in [-0.2, 0) is 6.54 Å². The first-order valence-electron chi connectivity index (χ1n) is 5.91. The largest absolute Gasteiger partial charge is 0.383 e. The number of hydrogen-bond acceptors (Lipinski definition) is 5. The quantitative estimate of drug-likeness (QED) is 0.770. The van der Waals surface area contributed by atoms with Gasteiger partial charge in [0.1, 0.15) is 10.6 Å². The summed E-state index contributed by atoms with van der Waals surface area (Å²) in [5.74, 6) is 0.989. The lowest BCUT2D eigenvalue weighted by Crippen LogP contribution is -2.23. The number of rotatable bonds is 2. The average Bonchev–Trinajstić information content (AvgIpc) is 2.84. The fourth-order valence-corrected chi connectivity index (χ4v) is 3.39. The van der Waals surface area contributed by atoms with E-state index in [4.69, 9.17) is 5.73 Å². The lowest BCUT2D eigenvalue weighted by atomic mass is 10.3. The average molecular weight is 351 g/mol. The van der Waals surface area contributed by atoms with Crippen molar-refractivity contribution in [2.45, 2.75) is 13.5 Å². The van der Waals surface area contributed by atoms with Gasteiger partial charge < -0.3 is 10.3 Å². The second kappa shape index (κ2) is 4.99. The fourth-order valence-electron chi connectivity index (χ4n) is 2.00. The van der Waals surface area contributed by atoms with Crippen molar-refractivity contribution >= 4 is 43.3 Å². The second-order valence-corrected chi connectivity index (χ2v) is 6.25. The lowest BCUT2D eigenvalue weighted by molar-refractivity contribution is 0.713. The molecule has 0 amide bonds. The van der Waals surface area contributed by atoms with E-state index < -0.39 is 0 Å². The van der Waals surface area contributed by atoms with E-state index in [9.17, 15) is 4.79 Å². The van der Waals surface area contributed by atoms with Crippen LogP contribution in [0.4, 0.5) is 5.82 Å². The van der Waals surface area contributed by atoms with Crippen molar-refractivity contribution in [2.75, 3.05) is 5.73 Å². The molecule has 0 aliphatic carbocycles. The van der Waals surface area contributed by atoms with Crippen LogP contribution < -0.4 is 11.3 Å². The van der Waals surface area contributed by atoms with Gasteiger partial charge in [-0.1, -0.05) is 0 Å². The Balaban J connectivity index is 2.07. The summed E-state index contributed by atoms with van der Waals surface area (Å²) in [6, 6.07) is 3.69. The highest BCUT2D eigenvalue weighted by atomic mass is 79.9. The van der Waals surface area contributed by atoms with Gasteiger partial charge in [0.25, 0.3) is 5.56 Å². The van der Waals surface area contributed by atoms with Crippen molar-refractivity contribution in [3.05, 3.63) is 49.9 Å². The van der Waals surface area contributed by atoms with Gasteiger partial charge in [0, 0.05) is 16.2 Å². The number of fused-ring (bicyclic) bond motifs is 1. The van der Waals surface area contributed by atoms with Crippen LogP contribution in [0.3, 0.4) is 0 Å². The Labute approximate surface area is 127 Å². The van der Waals surface area contributed by atoms with E-state index in [-0.39, 0.29) is 5.56 Å². The van der Waals surface area contributed by atoms with Crippen LogP contribution in [0.15, 0.2) is 33.0 Å². The predicted octanol–water partition coefficient (Wildman–Crippen LogP) is 2.55. The first-order valence-corrected chi connectivity index (χ1v) is 7.58. The Hall–Kier alpha value is -1.73. The molecule has 3 aromatic heterocycles. The van der Waals surface area contributed by atoms with Crippen LogP contribution >= 0.6 is 27.3 Å². The molecule has 0 radical (unpaired) electrons. The Kier molecular flexibility index (Phi) is 3.31. The Bertz CT molecular complexity index is 855. The summed E-state index contributed by atoms with van der Waals surface area (Å²) in [4.78, 5) is 21.6. The minimum absolute atomic E-state index is 0.0540. The van der Waals surface area contributed by atoms with Crippen molar-refractivity contribution in [1.29, 1.82) is 0 Å². The maximum Gasteiger partial charge on any atom is 0.253 e. The fraction of sp³-hybridized carbons (Fsp3) is 0.154. The first-order chi connectivity index (χ1) is 9.54. The normalized spacial score (nSPS) is 11.1. The van der Waals surface area contributed by atoms with Crippen molar-refractivity contribution < 1.29 is 0 Å². The molecule has 0 aromatic carbocycles. The molecular formula is C13H11BrN4OS. The van der Waals surface area contributed by atoms with Gasteiger partial charge in [0.05, 0.1) is 11.9 Å². The molecule has 0 aliphatic rings. The number of hydrogen-bond donors (Lipinski definition) is 1. The molecule has 0 aliphatic heterocycles. The van der Waals surface area contributed by atoms with Crippen molar-refractivity contribution in [3.63, 3.8) is 0 Å². The van der Waals surface area contributed by atoms with Crippen LogP contribution in [0.1, 0.15) is 11.4 Å². The van der Waals surface area contributed by atoms with E-state index in [1.165, 1.54) is 11.3 Å². The molecule has 7 heteroatoms. The number of nitrogens with zero attached hydrogens (tertiary/aromatic N) is 3. The highest BCUT2D eigenvalue weighted by Gasteiger charge is 2.09. The summed E-state index contributed by atoms with van der Waals surface area (Å²) < 4.78 is 2.42.